The zero-order chi connectivity index (χ0) is 94.5. The Balaban J connectivity index is 4.23. The van der Waals surface area contributed by atoms with Crippen LogP contribution in [0.5, 0.6) is 0 Å². The molecule has 1 rings (SSSR count). The number of carboxylic acids is 1. The first-order valence-corrected chi connectivity index (χ1v) is 43.7. The number of primary amides is 4. The van der Waals surface area contributed by atoms with E-state index in [0.717, 1.165) is 38.5 Å². The first kappa shape index (κ1) is 111. The van der Waals surface area contributed by atoms with Gasteiger partial charge in [0.05, 0.1) is 0 Å². The summed E-state index contributed by atoms with van der Waals surface area (Å²) in [6.45, 7) is 27.4. The van der Waals surface area contributed by atoms with E-state index in [4.69, 9.17) is 27.7 Å². The van der Waals surface area contributed by atoms with Crippen LogP contribution in [0.4, 0.5) is 0 Å². The molecule has 0 aromatic rings. The fourth-order valence-corrected chi connectivity index (χ4v) is 13.4. The van der Waals surface area contributed by atoms with Gasteiger partial charge in [0.2, 0.25) is 106 Å². The van der Waals surface area contributed by atoms with E-state index in [1.165, 1.54) is 34.6 Å². The molecule has 23 N–H and O–H groups in total. The van der Waals surface area contributed by atoms with Gasteiger partial charge in [0.25, 0.3) is 0 Å². The van der Waals surface area contributed by atoms with Crippen molar-refractivity contribution in [2.45, 2.75) is 356 Å². The summed E-state index contributed by atoms with van der Waals surface area (Å²) in [6.07, 6.45) is 1.18. The Labute approximate surface area is 728 Å². The highest BCUT2D eigenvalue weighted by molar-refractivity contribution is 6.01. The van der Waals surface area contributed by atoms with E-state index in [0.29, 0.717) is 6.42 Å². The van der Waals surface area contributed by atoms with E-state index in [2.05, 4.69) is 81.4 Å². The number of cyclic esters (lactones) is 1. The fourth-order valence-electron chi connectivity index (χ4n) is 13.4. The molecule has 0 radical (unpaired) electrons. The quantitative estimate of drug-likeness (QED) is 0.0281. The largest absolute Gasteiger partial charge is 0.481 e. The summed E-state index contributed by atoms with van der Waals surface area (Å²) in [7, 11) is 0. The van der Waals surface area contributed by atoms with Gasteiger partial charge < -0.3 is 107 Å². The van der Waals surface area contributed by atoms with Gasteiger partial charge in [0.15, 0.2) is 0 Å². The zero-order valence-electron chi connectivity index (χ0n) is 75.7. The number of hydrogen-bond donors (Lipinski definition) is 19. The maximum atomic E-state index is 15.1. The number of nitrogens with two attached hydrogens (primary N) is 4. The van der Waals surface area contributed by atoms with Gasteiger partial charge in [0, 0.05) is 38.5 Å². The fraction of sp³-hybridized carbons (Fsp3) is 0.762. The third kappa shape index (κ3) is 44.6. The minimum absolute atomic E-state index is 0.0444. The molecule has 15 atom stereocenters. The Bertz CT molecular complexity index is 3590. The Hall–Kier alpha value is -10.6. The molecule has 18 amide bonds. The predicted molar refractivity (Wildman–Crippen MR) is 458 cm³/mol. The topological polar surface area (TPSA) is 643 Å². The zero-order valence-corrected chi connectivity index (χ0v) is 75.7. The van der Waals surface area contributed by atoms with Crippen LogP contribution in [-0.4, -0.2) is 215 Å². The van der Waals surface area contributed by atoms with Gasteiger partial charge in [-0.3, -0.25) is 91.1 Å². The van der Waals surface area contributed by atoms with E-state index < -0.39 is 297 Å². The normalized spacial score (nSPS) is 20.4. The Morgan fingerprint density at radius 1 is 0.379 bits per heavy atom. The molecule has 704 valence electrons. The minimum atomic E-state index is -2.10. The average molecular weight is 1760 g/mol. The molecular weight excluding hydrogens is 1610 g/mol. The molecule has 0 aliphatic carbocycles. The van der Waals surface area contributed by atoms with Crippen LogP contribution in [0.25, 0.3) is 0 Å². The van der Waals surface area contributed by atoms with Gasteiger partial charge in [-0.1, -0.05) is 163 Å². The summed E-state index contributed by atoms with van der Waals surface area (Å²) < 4.78 is 5.80. The van der Waals surface area contributed by atoms with Crippen molar-refractivity contribution in [3.8, 4) is 0 Å². The average Bonchev–Trinajstić information content (AvgIpc) is 0.983. The maximum Gasteiger partial charge on any atom is 0.329 e. The van der Waals surface area contributed by atoms with Gasteiger partial charge in [-0.25, -0.2) is 4.79 Å². The van der Waals surface area contributed by atoms with Crippen LogP contribution < -0.4 is 97.4 Å². The van der Waals surface area contributed by atoms with E-state index in [1.54, 1.807) is 76.2 Å². The number of nitrogens with one attached hydrogen (secondary N) is 14. The van der Waals surface area contributed by atoms with Crippen molar-refractivity contribution < 1.29 is 106 Å². The van der Waals surface area contributed by atoms with Crippen molar-refractivity contribution in [2.75, 3.05) is 6.61 Å². The summed E-state index contributed by atoms with van der Waals surface area (Å²) in [4.78, 5) is 280. The van der Waals surface area contributed by atoms with Crippen molar-refractivity contribution in [3.63, 3.8) is 0 Å². The maximum absolute atomic E-state index is 15.1. The van der Waals surface area contributed by atoms with Crippen molar-refractivity contribution in [3.05, 3.63) is 0 Å². The second kappa shape index (κ2) is 57.8. The lowest BCUT2D eigenvalue weighted by Crippen LogP contribution is -2.62. The molecule has 1 heterocycles. The molecule has 124 heavy (non-hydrogen) atoms. The van der Waals surface area contributed by atoms with Crippen molar-refractivity contribution in [2.24, 2.45) is 70.3 Å². The Kier molecular flexibility index (Phi) is 51.9. The summed E-state index contributed by atoms with van der Waals surface area (Å²) in [5.74, 6) is -24.5. The number of rotatable bonds is 50. The third-order valence-corrected chi connectivity index (χ3v) is 20.5. The SMILES string of the molecule is CCCCCCCCCC(=O)N[C@@H](CC(C)C)C(=O)N[C@@H](CCC(=O)O)C(=O)N[C@H](CCC(N)=O)C(=O)N[C@@H](C(=O)N[C@H](CC(C)C)C(=O)N[C@@H](CCC(N)=O)C(=O)N[C@@H]1COC(=O)[C@H]([C@@H](C)CC)NC(=O)[C@@H](CCC(N)=O)NC(=O)[C@H](CC(C)C)NC(=O)[C@H](CC(C)C)NC(=O)[C@@H](CCC(N)=O)NC(=O)[C@@H](CC(C)C)NC(=O)[C@@H](C(C)C)NC1=O)C(C)C. The number of amides is 18. The molecule has 1 fully saturated rings. The second-order valence-corrected chi connectivity index (χ2v) is 35.2. The van der Waals surface area contributed by atoms with Gasteiger partial charge in [-0.05, 0) is 118 Å². The highest BCUT2D eigenvalue weighted by Gasteiger charge is 2.41. The highest BCUT2D eigenvalue weighted by atomic mass is 16.5. The molecule has 0 saturated carbocycles. The monoisotopic (exact) mass is 1760 g/mol. The summed E-state index contributed by atoms with van der Waals surface area (Å²) >= 11 is 0. The number of carbonyl (C=O) groups excluding carboxylic acids is 19. The number of aliphatic carboxylic acids is 1. The summed E-state index contributed by atoms with van der Waals surface area (Å²) in [5.41, 5.74) is 22.2. The number of esters is 1. The lowest BCUT2D eigenvalue weighted by molar-refractivity contribution is -0.152. The van der Waals surface area contributed by atoms with E-state index in [9.17, 15) is 91.4 Å². The van der Waals surface area contributed by atoms with Crippen LogP contribution in [0.3, 0.4) is 0 Å². The molecule has 1 aliphatic rings. The minimum Gasteiger partial charge on any atom is -0.481 e. The first-order valence-electron chi connectivity index (χ1n) is 43.7. The lowest BCUT2D eigenvalue weighted by Gasteiger charge is -2.30. The molecular formula is C84H146N18O22. The van der Waals surface area contributed by atoms with Crippen LogP contribution in [0.15, 0.2) is 0 Å². The van der Waals surface area contributed by atoms with Crippen molar-refractivity contribution >= 4 is 118 Å². The van der Waals surface area contributed by atoms with Gasteiger partial charge in [0.1, 0.15) is 91.2 Å². The van der Waals surface area contributed by atoms with Crippen LogP contribution in [0.1, 0.15) is 272 Å². The highest BCUT2D eigenvalue weighted by Crippen LogP contribution is 2.19. The van der Waals surface area contributed by atoms with E-state index in [1.807, 2.05) is 0 Å². The Morgan fingerprint density at radius 3 is 1.13 bits per heavy atom. The molecule has 0 aromatic heterocycles. The summed E-state index contributed by atoms with van der Waals surface area (Å²) in [5, 5.41) is 45.7. The molecule has 0 spiro atoms. The third-order valence-electron chi connectivity index (χ3n) is 20.5. The lowest BCUT2D eigenvalue weighted by atomic mass is 9.97. The van der Waals surface area contributed by atoms with Gasteiger partial charge in [-0.2, -0.15) is 0 Å². The van der Waals surface area contributed by atoms with Crippen LogP contribution in [0.2, 0.25) is 0 Å². The van der Waals surface area contributed by atoms with E-state index in [-0.39, 0.29) is 68.6 Å². The van der Waals surface area contributed by atoms with Gasteiger partial charge in [-0.15, -0.1) is 0 Å². The summed E-state index contributed by atoms with van der Waals surface area (Å²) in [6, 6.07) is -22.6. The standard InChI is InChI=1S/C84H146N18O22/c1-18-20-21-22-23-24-25-26-66(107)89-56(37-43(3)4)76(115)94-55(31-36-67(108)109)71(110)90-53(29-34-64(87)105)74(113)100-68(48(13)14)82(121)97-60(41-47(11)12)79(118)92-52(28-33-63(86)104)73(112)99-61-42-124-84(123)70(50(17)19-2)102-75(114)54(30-35-65(88)106)93-77(116)57(38-44(5)6)96-80(119)58(39-45(7)8)95-72(111)51(27-32-62(85)103)91-78(117)59(40-46(9)10)98-83(122)69(49(15)16)101-81(61)120/h43-61,68-70H,18-42H2,1-17H3,(H2,85,103)(H2,86,104)(H2,87,105)(H2,88,106)(H,89,107)(H,90,110)(H,91,117)(H,92,118)(H,93,116)(H,94,115)(H,95,111)(H,96,119)(H,97,121)(H,98,122)(H,99,112)(H,100,113)(H,101,120)(H,102,114)(H,108,109)/t50-,51+,52-,53+,54+,55-,56-,57-,58-,59+,60+,61+,68+,69+,70-/m0/s1. The molecule has 0 bridgehead atoms. The van der Waals surface area contributed by atoms with Crippen LogP contribution >= 0.6 is 0 Å². The molecule has 0 aromatic carbocycles. The number of ether oxygens (including phenoxy) is 1. The molecule has 0 unspecified atom stereocenters. The molecule has 1 saturated heterocycles. The number of unbranched alkanes of at least 4 members (excludes halogenated alkanes) is 6. The molecule has 40 nitrogen and oxygen atoms in total. The number of hydrogen-bond acceptors (Lipinski definition) is 21. The molecule has 1 aliphatic heterocycles. The number of carboxylic acid groups (broad SMARTS) is 1. The predicted octanol–water partition coefficient (Wildman–Crippen LogP) is -0.0135. The van der Waals surface area contributed by atoms with Gasteiger partial charge >= 0.3 is 11.9 Å². The number of carbonyl (C=O) groups is 20. The van der Waals surface area contributed by atoms with Crippen molar-refractivity contribution in [1.82, 2.24) is 74.4 Å². The van der Waals surface area contributed by atoms with Crippen LogP contribution in [-0.2, 0) is 101 Å². The molecule has 40 heteroatoms. The van der Waals surface area contributed by atoms with Crippen molar-refractivity contribution in [1.29, 1.82) is 0 Å². The Morgan fingerprint density at radius 2 is 0.734 bits per heavy atom. The first-order chi connectivity index (χ1) is 57.9. The second-order valence-electron chi connectivity index (χ2n) is 35.2. The smallest absolute Gasteiger partial charge is 0.329 e. The van der Waals surface area contributed by atoms with E-state index >= 15 is 9.59 Å². The van der Waals surface area contributed by atoms with Crippen LogP contribution in [0, 0.1) is 47.3 Å².